The molecule has 2 heterocycles. The first-order valence-corrected chi connectivity index (χ1v) is 13.1. The van der Waals surface area contributed by atoms with Crippen molar-refractivity contribution in [1.82, 2.24) is 15.5 Å². The molecule has 0 aromatic heterocycles. The minimum atomic E-state index is -1.09. The van der Waals surface area contributed by atoms with Gasteiger partial charge in [0.15, 0.2) is 0 Å². The van der Waals surface area contributed by atoms with Gasteiger partial charge >= 0.3 is 5.97 Å². The normalized spacial score (nSPS) is 23.0. The topological polar surface area (TPSA) is 154 Å². The Balaban J connectivity index is 1.46. The number of β-lactam (4-membered cyclic amide) rings is 1. The van der Waals surface area contributed by atoms with Gasteiger partial charge in [-0.25, -0.2) is 4.79 Å². The minimum Gasteiger partial charge on any atom is -0.480 e. The third kappa shape index (κ3) is 5.49. The van der Waals surface area contributed by atoms with E-state index in [9.17, 15) is 24.3 Å². The van der Waals surface area contributed by atoms with Crippen molar-refractivity contribution in [3.63, 3.8) is 0 Å². The number of aliphatic imine (C=N–C) groups is 1. The number of aliphatic carboxylic acids is 1. The maximum atomic E-state index is 13.3. The zero-order valence-corrected chi connectivity index (χ0v) is 22.5. The van der Waals surface area contributed by atoms with Crippen LogP contribution in [-0.2, 0) is 19.2 Å². The summed E-state index contributed by atoms with van der Waals surface area (Å²) >= 11 is 4.67. The first-order chi connectivity index (χ1) is 17.5. The van der Waals surface area contributed by atoms with Crippen molar-refractivity contribution in [2.75, 3.05) is 6.54 Å². The van der Waals surface area contributed by atoms with Gasteiger partial charge in [0.25, 0.3) is 0 Å². The number of rotatable bonds is 8. The van der Waals surface area contributed by atoms with Gasteiger partial charge < -0.3 is 26.4 Å². The molecule has 3 amide bonds. The lowest BCUT2D eigenvalue weighted by Crippen LogP contribution is -2.71. The fraction of sp³-hybridized carbons (Fsp3) is 0.320. The summed E-state index contributed by atoms with van der Waals surface area (Å²) < 4.78 is 0.162. The largest absolute Gasteiger partial charge is 0.480 e. The molecule has 2 aliphatic rings. The Morgan fingerprint density at radius 2 is 1.81 bits per heavy atom. The number of nitrogens with one attached hydrogen (secondary N) is 2. The highest BCUT2D eigenvalue weighted by atomic mass is 79.9. The highest BCUT2D eigenvalue weighted by molar-refractivity contribution is 9.10. The number of carbonyl (C=O) groups is 4. The van der Waals surface area contributed by atoms with Gasteiger partial charge in [0.2, 0.25) is 17.7 Å². The van der Waals surface area contributed by atoms with Crippen LogP contribution < -0.4 is 16.4 Å². The molecule has 0 radical (unpaired) electrons. The first-order valence-electron chi connectivity index (χ1n) is 11.4. The third-order valence-corrected chi connectivity index (χ3v) is 8.31. The Morgan fingerprint density at radius 1 is 1.16 bits per heavy atom. The molecule has 1 unspecified atom stereocenters. The number of benzene rings is 2. The van der Waals surface area contributed by atoms with Gasteiger partial charge in [0, 0.05) is 14.8 Å². The predicted molar refractivity (Wildman–Crippen MR) is 143 cm³/mol. The highest BCUT2D eigenvalue weighted by Crippen LogP contribution is 2.50. The van der Waals surface area contributed by atoms with Gasteiger partial charge in [-0.2, -0.15) is 0 Å². The number of amides is 3. The number of halogens is 1. The van der Waals surface area contributed by atoms with Crippen LogP contribution in [0.2, 0.25) is 0 Å². The number of fused-ring (bicyclic) bond motifs is 1. The molecule has 2 fully saturated rings. The molecule has 2 saturated heterocycles. The smallest absolute Gasteiger partial charge is 0.327 e. The molecule has 4 atom stereocenters. The number of carboxylic acids is 1. The van der Waals surface area contributed by atoms with E-state index in [-0.39, 0.29) is 12.4 Å². The van der Waals surface area contributed by atoms with Gasteiger partial charge in [-0.15, -0.1) is 11.8 Å². The van der Waals surface area contributed by atoms with E-state index in [1.54, 1.807) is 68.4 Å². The van der Waals surface area contributed by atoms with Crippen molar-refractivity contribution in [3.8, 4) is 0 Å². The molecule has 194 valence electrons. The number of thioether (sulfide) groups is 1. The number of carboxylic acid groups (broad SMARTS) is 1. The quantitative estimate of drug-likeness (QED) is 0.208. The van der Waals surface area contributed by atoms with Crippen molar-refractivity contribution in [2.45, 2.75) is 42.1 Å². The Hall–Kier alpha value is -3.38. The lowest BCUT2D eigenvalue weighted by atomic mass is 9.95. The van der Waals surface area contributed by atoms with Crippen molar-refractivity contribution >= 4 is 57.2 Å². The van der Waals surface area contributed by atoms with E-state index in [0.717, 1.165) is 4.47 Å². The van der Waals surface area contributed by atoms with E-state index < -0.39 is 51.9 Å². The molecule has 5 N–H and O–H groups in total. The molecule has 0 aliphatic carbocycles. The molecule has 0 saturated carbocycles. The van der Waals surface area contributed by atoms with Crippen LogP contribution in [0.5, 0.6) is 0 Å². The first kappa shape index (κ1) is 26.7. The number of hydrogen-bond acceptors (Lipinski definition) is 6. The molecule has 2 aromatic rings. The molecule has 37 heavy (non-hydrogen) atoms. The maximum absolute atomic E-state index is 13.3. The highest BCUT2D eigenvalue weighted by Gasteiger charge is 2.64. The monoisotopic (exact) mass is 587 g/mol. The molecular weight excluding hydrogens is 562 g/mol. The fourth-order valence-corrected chi connectivity index (χ4v) is 6.29. The van der Waals surface area contributed by atoms with Crippen LogP contribution in [0.3, 0.4) is 0 Å². The van der Waals surface area contributed by atoms with Crippen LogP contribution in [0.1, 0.15) is 31.0 Å². The molecular formula is C25H26BrN5O5S. The summed E-state index contributed by atoms with van der Waals surface area (Å²) in [5.74, 6) is -2.49. The van der Waals surface area contributed by atoms with E-state index >= 15 is 0 Å². The number of carbonyl (C=O) groups excluding carboxylic acids is 3. The summed E-state index contributed by atoms with van der Waals surface area (Å²) in [5, 5.41) is 14.5. The number of nitrogens with zero attached hydrogens (tertiary/aromatic N) is 2. The second-order valence-electron chi connectivity index (χ2n) is 9.20. The standard InChI is InChI=1S/C25H26BrN5O5S/c1-25(2)19(24(35)36)31-22(34)18(23(31)37-25)30-21(33)17(13-6-4-3-5-7-13)29-16(32)12-28-20(27)14-8-10-15(26)11-9-14/h3-11,17-19,23H,12H2,1-2H3,(H2,27,28)(H,29,32)(H,30,33)(H,35,36)/t17?,18-,19+,23-/m1/s1. The Labute approximate surface area is 226 Å². The molecule has 0 spiro atoms. The SMILES string of the molecule is CC1(C)S[C@@H]2[C@H](NC(=O)C(NC(=O)CN=C(N)c3ccc(Br)cc3)c3ccccc3)C(=O)N2[C@H]1C(=O)O. The number of hydrogen-bond donors (Lipinski definition) is 4. The van der Waals surface area contributed by atoms with Gasteiger partial charge in [-0.1, -0.05) is 58.4 Å². The molecule has 0 bridgehead atoms. The Bertz CT molecular complexity index is 1250. The summed E-state index contributed by atoms with van der Waals surface area (Å²) in [6.45, 7) is 3.21. The van der Waals surface area contributed by atoms with Crippen LogP contribution >= 0.6 is 27.7 Å². The average molecular weight is 588 g/mol. The predicted octanol–water partition coefficient (Wildman–Crippen LogP) is 1.64. The van der Waals surface area contributed by atoms with E-state index in [4.69, 9.17) is 5.73 Å². The van der Waals surface area contributed by atoms with E-state index in [1.807, 2.05) is 0 Å². The minimum absolute atomic E-state index is 0.178. The zero-order chi connectivity index (χ0) is 26.9. The van der Waals surface area contributed by atoms with Crippen molar-refractivity contribution < 1.29 is 24.3 Å². The molecule has 2 aliphatic heterocycles. The van der Waals surface area contributed by atoms with E-state index in [2.05, 4.69) is 31.6 Å². The summed E-state index contributed by atoms with van der Waals surface area (Å²) in [5.41, 5.74) is 7.16. The molecule has 4 rings (SSSR count). The fourth-order valence-electron chi connectivity index (χ4n) is 4.40. The van der Waals surface area contributed by atoms with Crippen LogP contribution in [0.4, 0.5) is 0 Å². The summed E-state index contributed by atoms with van der Waals surface area (Å²) in [7, 11) is 0. The Kier molecular flexibility index (Phi) is 7.60. The zero-order valence-electron chi connectivity index (χ0n) is 20.1. The lowest BCUT2D eigenvalue weighted by molar-refractivity contribution is -0.161. The summed E-state index contributed by atoms with van der Waals surface area (Å²) in [4.78, 5) is 56.0. The summed E-state index contributed by atoms with van der Waals surface area (Å²) in [6, 6.07) is 12.8. The lowest BCUT2D eigenvalue weighted by Gasteiger charge is -2.44. The second kappa shape index (κ2) is 10.5. The maximum Gasteiger partial charge on any atom is 0.327 e. The third-order valence-electron chi connectivity index (χ3n) is 6.21. The number of amidine groups is 1. The van der Waals surface area contributed by atoms with Crippen LogP contribution in [-0.4, -0.2) is 68.3 Å². The molecule has 2 aromatic carbocycles. The van der Waals surface area contributed by atoms with Crippen LogP contribution in [0, 0.1) is 0 Å². The van der Waals surface area contributed by atoms with Crippen LogP contribution in [0.15, 0.2) is 64.1 Å². The summed E-state index contributed by atoms with van der Waals surface area (Å²) in [6.07, 6.45) is 0. The van der Waals surface area contributed by atoms with Gasteiger partial charge in [0.05, 0.1) is 0 Å². The molecule has 10 nitrogen and oxygen atoms in total. The molecule has 12 heteroatoms. The van der Waals surface area contributed by atoms with E-state index in [1.165, 1.54) is 16.7 Å². The number of nitrogens with two attached hydrogens (primary N) is 1. The average Bonchev–Trinajstić information content (AvgIpc) is 3.13. The van der Waals surface area contributed by atoms with Gasteiger partial charge in [-0.05, 0) is 31.5 Å². The van der Waals surface area contributed by atoms with E-state index in [0.29, 0.717) is 11.1 Å². The second-order valence-corrected chi connectivity index (χ2v) is 11.9. The van der Waals surface area contributed by atoms with Crippen molar-refractivity contribution in [3.05, 3.63) is 70.2 Å². The van der Waals surface area contributed by atoms with Gasteiger partial charge in [0.1, 0.15) is 35.9 Å². The van der Waals surface area contributed by atoms with Crippen molar-refractivity contribution in [2.24, 2.45) is 10.7 Å². The Morgan fingerprint density at radius 3 is 2.43 bits per heavy atom. The van der Waals surface area contributed by atoms with Gasteiger partial charge in [-0.3, -0.25) is 19.4 Å². The van der Waals surface area contributed by atoms with Crippen molar-refractivity contribution in [1.29, 1.82) is 0 Å². The van der Waals surface area contributed by atoms with Crippen LogP contribution in [0.25, 0.3) is 0 Å².